The number of hydrogen-bond acceptors (Lipinski definition) is 1. The molecule has 0 bridgehead atoms. The molecule has 1 heterocycles. The quantitative estimate of drug-likeness (QED) is 0.483. The largest absolute Gasteiger partial charge is 0.372 e. The fraction of sp³-hybridized carbons (Fsp3) is 1.00. The van der Waals surface area contributed by atoms with Crippen LogP contribution in [-0.4, -0.2) is 11.7 Å². The van der Waals surface area contributed by atoms with E-state index in [1.807, 2.05) is 0 Å². The topological polar surface area (TPSA) is 9.23 Å². The molecule has 1 unspecified atom stereocenters. The Kier molecular flexibility index (Phi) is 1.10. The normalized spacial score (nSPS) is 39.0. The predicted molar refractivity (Wildman–Crippen MR) is 36.4 cm³/mol. The van der Waals surface area contributed by atoms with Gasteiger partial charge in [-0.25, -0.2) is 0 Å². The van der Waals surface area contributed by atoms with Crippen LogP contribution in [0.2, 0.25) is 0 Å². The zero-order valence-electron chi connectivity index (χ0n) is 6.02. The first-order chi connectivity index (χ1) is 4.31. The summed E-state index contributed by atoms with van der Waals surface area (Å²) in [6.07, 6.45) is 7.34. The minimum absolute atomic E-state index is 0.388. The standard InChI is InChI=1S/C8H14O/c1-7-6-8(9-7)4-2-3-5-8/h7H,2-6H2,1H3. The van der Waals surface area contributed by atoms with E-state index in [1.54, 1.807) is 0 Å². The number of ether oxygens (including phenoxy) is 1. The average molecular weight is 126 g/mol. The Morgan fingerprint density at radius 3 is 2.33 bits per heavy atom. The van der Waals surface area contributed by atoms with Crippen LogP contribution in [0.3, 0.4) is 0 Å². The van der Waals surface area contributed by atoms with Crippen LogP contribution >= 0.6 is 0 Å². The molecular weight excluding hydrogens is 112 g/mol. The molecule has 0 aromatic heterocycles. The second kappa shape index (κ2) is 1.72. The summed E-state index contributed by atoms with van der Waals surface area (Å²) in [6.45, 7) is 2.17. The smallest absolute Gasteiger partial charge is 0.0710 e. The lowest BCUT2D eigenvalue weighted by Gasteiger charge is -2.44. The summed E-state index contributed by atoms with van der Waals surface area (Å²) in [6, 6.07) is 0. The number of rotatable bonds is 0. The molecule has 1 spiro atoms. The van der Waals surface area contributed by atoms with Crippen LogP contribution in [0.5, 0.6) is 0 Å². The molecule has 9 heavy (non-hydrogen) atoms. The lowest BCUT2D eigenvalue weighted by atomic mass is 9.88. The second-order valence-electron chi connectivity index (χ2n) is 3.52. The zero-order valence-corrected chi connectivity index (χ0v) is 6.02. The average Bonchev–Trinajstić information content (AvgIpc) is 2.12. The molecule has 2 rings (SSSR count). The highest BCUT2D eigenvalue weighted by molar-refractivity contribution is 4.95. The molecular formula is C8H14O. The third-order valence-electron chi connectivity index (χ3n) is 2.63. The van der Waals surface area contributed by atoms with Gasteiger partial charge in [-0.05, 0) is 19.8 Å². The first-order valence-corrected chi connectivity index (χ1v) is 3.99. The Labute approximate surface area is 56.4 Å². The Morgan fingerprint density at radius 2 is 1.89 bits per heavy atom. The molecule has 1 heteroatoms. The zero-order chi connectivity index (χ0) is 6.32. The molecule has 1 nitrogen and oxygen atoms in total. The summed E-state index contributed by atoms with van der Waals surface area (Å²) in [4.78, 5) is 0. The summed E-state index contributed by atoms with van der Waals surface area (Å²) in [7, 11) is 0. The van der Waals surface area contributed by atoms with Crippen LogP contribution in [0, 0.1) is 0 Å². The fourth-order valence-electron chi connectivity index (χ4n) is 2.28. The second-order valence-corrected chi connectivity index (χ2v) is 3.52. The molecule has 1 aliphatic heterocycles. The molecule has 1 aliphatic carbocycles. The van der Waals surface area contributed by atoms with Gasteiger partial charge in [-0.2, -0.15) is 0 Å². The third-order valence-corrected chi connectivity index (χ3v) is 2.63. The lowest BCUT2D eigenvalue weighted by molar-refractivity contribution is -0.192. The van der Waals surface area contributed by atoms with Gasteiger partial charge in [-0.3, -0.25) is 0 Å². The van der Waals surface area contributed by atoms with Gasteiger partial charge in [0.2, 0.25) is 0 Å². The van der Waals surface area contributed by atoms with Crippen molar-refractivity contribution >= 4 is 0 Å². The molecule has 0 N–H and O–H groups in total. The van der Waals surface area contributed by atoms with Gasteiger partial charge in [0, 0.05) is 6.42 Å². The van der Waals surface area contributed by atoms with Crippen LogP contribution in [0.15, 0.2) is 0 Å². The Balaban J connectivity index is 1.95. The van der Waals surface area contributed by atoms with Crippen molar-refractivity contribution < 1.29 is 4.74 Å². The molecule has 52 valence electrons. The minimum Gasteiger partial charge on any atom is -0.372 e. The van der Waals surface area contributed by atoms with E-state index in [4.69, 9.17) is 4.74 Å². The van der Waals surface area contributed by atoms with Crippen molar-refractivity contribution in [3.8, 4) is 0 Å². The molecule has 2 fully saturated rings. The van der Waals surface area contributed by atoms with E-state index in [1.165, 1.54) is 32.1 Å². The van der Waals surface area contributed by atoms with E-state index >= 15 is 0 Å². The van der Waals surface area contributed by atoms with Gasteiger partial charge in [0.1, 0.15) is 0 Å². The van der Waals surface area contributed by atoms with Crippen LogP contribution in [0.25, 0.3) is 0 Å². The van der Waals surface area contributed by atoms with E-state index in [9.17, 15) is 0 Å². The van der Waals surface area contributed by atoms with Gasteiger partial charge in [0.15, 0.2) is 0 Å². The number of hydrogen-bond donors (Lipinski definition) is 0. The van der Waals surface area contributed by atoms with Crippen LogP contribution in [-0.2, 0) is 4.74 Å². The molecule has 0 radical (unpaired) electrons. The highest BCUT2D eigenvalue weighted by Gasteiger charge is 2.44. The van der Waals surface area contributed by atoms with Gasteiger partial charge >= 0.3 is 0 Å². The summed E-state index contributed by atoms with van der Waals surface area (Å²) in [5, 5.41) is 0. The van der Waals surface area contributed by atoms with Crippen molar-refractivity contribution in [1.82, 2.24) is 0 Å². The van der Waals surface area contributed by atoms with Crippen LogP contribution in [0.4, 0.5) is 0 Å². The SMILES string of the molecule is CC1CC2(CCCC2)O1. The van der Waals surface area contributed by atoms with Gasteiger partial charge in [-0.15, -0.1) is 0 Å². The van der Waals surface area contributed by atoms with Gasteiger partial charge in [-0.1, -0.05) is 12.8 Å². The third kappa shape index (κ3) is 0.787. The molecule has 1 saturated heterocycles. The maximum absolute atomic E-state index is 5.69. The first-order valence-electron chi connectivity index (χ1n) is 3.99. The van der Waals surface area contributed by atoms with E-state index < -0.39 is 0 Å². The molecule has 0 aromatic carbocycles. The van der Waals surface area contributed by atoms with Crippen molar-refractivity contribution in [2.24, 2.45) is 0 Å². The minimum atomic E-state index is 0.388. The van der Waals surface area contributed by atoms with Crippen molar-refractivity contribution in [3.05, 3.63) is 0 Å². The summed E-state index contributed by atoms with van der Waals surface area (Å²) < 4.78 is 5.69. The fourth-order valence-corrected chi connectivity index (χ4v) is 2.28. The Bertz CT molecular complexity index is 106. The van der Waals surface area contributed by atoms with Gasteiger partial charge in [0.05, 0.1) is 11.7 Å². The summed E-state index contributed by atoms with van der Waals surface area (Å²) >= 11 is 0. The van der Waals surface area contributed by atoms with E-state index in [2.05, 4.69) is 6.92 Å². The molecule has 2 aliphatic rings. The molecule has 0 aromatic rings. The molecule has 1 atom stereocenters. The monoisotopic (exact) mass is 126 g/mol. The maximum atomic E-state index is 5.69. The van der Waals surface area contributed by atoms with Crippen molar-refractivity contribution in [2.45, 2.75) is 50.7 Å². The van der Waals surface area contributed by atoms with E-state index in [0.717, 1.165) is 0 Å². The highest BCUT2D eigenvalue weighted by Crippen LogP contribution is 2.45. The van der Waals surface area contributed by atoms with Crippen LogP contribution in [0.1, 0.15) is 39.0 Å². The lowest BCUT2D eigenvalue weighted by Crippen LogP contribution is -2.46. The summed E-state index contributed by atoms with van der Waals surface area (Å²) in [5.41, 5.74) is 0.388. The van der Waals surface area contributed by atoms with E-state index in [0.29, 0.717) is 11.7 Å². The summed E-state index contributed by atoms with van der Waals surface area (Å²) in [5.74, 6) is 0. The van der Waals surface area contributed by atoms with Crippen molar-refractivity contribution in [3.63, 3.8) is 0 Å². The Morgan fingerprint density at radius 1 is 1.33 bits per heavy atom. The molecule has 1 saturated carbocycles. The maximum Gasteiger partial charge on any atom is 0.0710 e. The van der Waals surface area contributed by atoms with E-state index in [-0.39, 0.29) is 0 Å². The van der Waals surface area contributed by atoms with Crippen molar-refractivity contribution in [2.75, 3.05) is 0 Å². The predicted octanol–water partition coefficient (Wildman–Crippen LogP) is 2.11. The first kappa shape index (κ1) is 5.72. The highest BCUT2D eigenvalue weighted by atomic mass is 16.5. The molecule has 0 amide bonds. The van der Waals surface area contributed by atoms with Crippen molar-refractivity contribution in [1.29, 1.82) is 0 Å². The Hall–Kier alpha value is -0.0400. The van der Waals surface area contributed by atoms with Gasteiger partial charge < -0.3 is 4.74 Å². The van der Waals surface area contributed by atoms with Crippen LogP contribution < -0.4 is 0 Å². The van der Waals surface area contributed by atoms with Gasteiger partial charge in [0.25, 0.3) is 0 Å².